The van der Waals surface area contributed by atoms with Crippen molar-refractivity contribution in [3.63, 3.8) is 0 Å². The third kappa shape index (κ3) is 4.84. The zero-order valence-electron chi connectivity index (χ0n) is 14.7. The summed E-state index contributed by atoms with van der Waals surface area (Å²) in [5, 5.41) is 3.43. The van der Waals surface area contributed by atoms with Crippen molar-refractivity contribution in [2.45, 2.75) is 11.8 Å². The maximum Gasteiger partial charge on any atom is 0.261 e. The first-order valence-corrected chi connectivity index (χ1v) is 10.4. The number of benzene rings is 3. The van der Waals surface area contributed by atoms with Gasteiger partial charge in [0, 0.05) is 16.3 Å². The van der Waals surface area contributed by atoms with Gasteiger partial charge in [-0.25, -0.2) is 8.42 Å². The number of anilines is 2. The van der Waals surface area contributed by atoms with E-state index in [9.17, 15) is 13.2 Å². The van der Waals surface area contributed by atoms with E-state index in [1.54, 1.807) is 42.5 Å². The second kappa shape index (κ2) is 8.22. The van der Waals surface area contributed by atoms with Crippen LogP contribution in [0, 0.1) is 6.92 Å². The molecular weight excluding hydrogens is 419 g/mol. The van der Waals surface area contributed by atoms with Crippen molar-refractivity contribution < 1.29 is 13.2 Å². The lowest BCUT2D eigenvalue weighted by Crippen LogP contribution is -2.15. The third-order valence-corrected chi connectivity index (χ3v) is 5.83. The van der Waals surface area contributed by atoms with E-state index in [-0.39, 0.29) is 16.1 Å². The molecule has 0 heterocycles. The molecule has 3 rings (SSSR count). The fourth-order valence-electron chi connectivity index (χ4n) is 2.44. The number of rotatable bonds is 5. The highest BCUT2D eigenvalue weighted by molar-refractivity contribution is 7.92. The predicted octanol–water partition coefficient (Wildman–Crippen LogP) is 5.35. The van der Waals surface area contributed by atoms with Crippen molar-refractivity contribution in [1.29, 1.82) is 0 Å². The molecule has 3 aromatic carbocycles. The Balaban J connectivity index is 1.79. The number of hydrogen-bond donors (Lipinski definition) is 2. The summed E-state index contributed by atoms with van der Waals surface area (Å²) in [7, 11) is -3.76. The van der Waals surface area contributed by atoms with Gasteiger partial charge in [-0.3, -0.25) is 9.52 Å². The molecule has 144 valence electrons. The van der Waals surface area contributed by atoms with Crippen LogP contribution < -0.4 is 10.0 Å². The predicted molar refractivity (Wildman–Crippen MR) is 113 cm³/mol. The monoisotopic (exact) mass is 434 g/mol. The highest BCUT2D eigenvalue weighted by atomic mass is 35.5. The molecule has 0 aromatic heterocycles. The molecule has 0 aliphatic heterocycles. The van der Waals surface area contributed by atoms with E-state index in [0.717, 1.165) is 5.56 Å². The molecule has 0 bridgehead atoms. The lowest BCUT2D eigenvalue weighted by atomic mass is 10.2. The molecule has 0 aliphatic carbocycles. The normalized spacial score (nSPS) is 11.1. The van der Waals surface area contributed by atoms with Crippen LogP contribution in [0.4, 0.5) is 11.4 Å². The number of halogens is 2. The Hall–Kier alpha value is -2.54. The Kier molecular flexibility index (Phi) is 5.93. The van der Waals surface area contributed by atoms with Gasteiger partial charge < -0.3 is 5.32 Å². The SMILES string of the molecule is Cc1ccc(S(=O)(=O)Nc2cccc(C(=O)Nc3ccc(Cl)cc3Cl)c2)cc1. The van der Waals surface area contributed by atoms with Crippen molar-refractivity contribution in [2.75, 3.05) is 10.0 Å². The summed E-state index contributed by atoms with van der Waals surface area (Å²) < 4.78 is 27.5. The molecule has 0 saturated carbocycles. The van der Waals surface area contributed by atoms with Crippen LogP contribution in [0.15, 0.2) is 71.6 Å². The van der Waals surface area contributed by atoms with E-state index in [1.807, 2.05) is 6.92 Å². The highest BCUT2D eigenvalue weighted by Gasteiger charge is 2.15. The third-order valence-electron chi connectivity index (χ3n) is 3.89. The second-order valence-corrected chi connectivity index (χ2v) is 8.60. The van der Waals surface area contributed by atoms with E-state index in [0.29, 0.717) is 15.7 Å². The van der Waals surface area contributed by atoms with Crippen molar-refractivity contribution in [3.05, 3.63) is 87.9 Å². The summed E-state index contributed by atoms with van der Waals surface area (Å²) in [6.07, 6.45) is 0. The highest BCUT2D eigenvalue weighted by Crippen LogP contribution is 2.26. The molecule has 1 amide bonds. The van der Waals surface area contributed by atoms with E-state index >= 15 is 0 Å². The Morgan fingerprint density at radius 2 is 1.64 bits per heavy atom. The number of nitrogens with one attached hydrogen (secondary N) is 2. The number of amides is 1. The van der Waals surface area contributed by atoms with Crippen LogP contribution in [0.2, 0.25) is 10.0 Å². The first-order valence-electron chi connectivity index (χ1n) is 8.20. The molecule has 3 aromatic rings. The Morgan fingerprint density at radius 1 is 0.929 bits per heavy atom. The quantitative estimate of drug-likeness (QED) is 0.567. The van der Waals surface area contributed by atoms with Crippen molar-refractivity contribution >= 4 is 50.5 Å². The topological polar surface area (TPSA) is 75.3 Å². The van der Waals surface area contributed by atoms with Crippen LogP contribution in [0.25, 0.3) is 0 Å². The molecule has 0 aliphatic rings. The summed E-state index contributed by atoms with van der Waals surface area (Å²) >= 11 is 11.9. The van der Waals surface area contributed by atoms with E-state index in [1.165, 1.54) is 24.3 Å². The molecule has 2 N–H and O–H groups in total. The van der Waals surface area contributed by atoms with E-state index in [4.69, 9.17) is 23.2 Å². The molecule has 28 heavy (non-hydrogen) atoms. The fraction of sp³-hybridized carbons (Fsp3) is 0.0500. The van der Waals surface area contributed by atoms with Crippen LogP contribution in [0.1, 0.15) is 15.9 Å². The number of sulfonamides is 1. The molecular formula is C20H16Cl2N2O3S. The average molecular weight is 435 g/mol. The molecule has 0 fully saturated rings. The lowest BCUT2D eigenvalue weighted by Gasteiger charge is -2.11. The summed E-state index contributed by atoms with van der Waals surface area (Å²) in [4.78, 5) is 12.6. The Labute approximate surface area is 173 Å². The molecule has 0 unspecified atom stereocenters. The van der Waals surface area contributed by atoms with Gasteiger partial charge in [0.15, 0.2) is 0 Å². The van der Waals surface area contributed by atoms with E-state index < -0.39 is 15.9 Å². The molecule has 5 nitrogen and oxygen atoms in total. The second-order valence-electron chi connectivity index (χ2n) is 6.08. The zero-order chi connectivity index (χ0) is 20.3. The smallest absolute Gasteiger partial charge is 0.261 e. The van der Waals surface area contributed by atoms with E-state index in [2.05, 4.69) is 10.0 Å². The van der Waals surface area contributed by atoms with Gasteiger partial charge in [0.25, 0.3) is 15.9 Å². The summed E-state index contributed by atoms with van der Waals surface area (Å²) in [5.41, 5.74) is 1.91. The minimum atomic E-state index is -3.76. The maximum atomic E-state index is 12.5. The van der Waals surface area contributed by atoms with Crippen molar-refractivity contribution in [2.24, 2.45) is 0 Å². The number of carbonyl (C=O) groups is 1. The van der Waals surface area contributed by atoms with Gasteiger partial charge in [-0.2, -0.15) is 0 Å². The number of hydrogen-bond acceptors (Lipinski definition) is 3. The largest absolute Gasteiger partial charge is 0.321 e. The zero-order valence-corrected chi connectivity index (χ0v) is 17.1. The summed E-state index contributed by atoms with van der Waals surface area (Å²) in [6, 6.07) is 17.4. The van der Waals surface area contributed by atoms with Gasteiger partial charge in [-0.05, 0) is 55.5 Å². The van der Waals surface area contributed by atoms with Gasteiger partial charge in [0.1, 0.15) is 0 Å². The first-order chi connectivity index (χ1) is 13.2. The van der Waals surface area contributed by atoms with Crippen LogP contribution in [-0.2, 0) is 10.0 Å². The minimum Gasteiger partial charge on any atom is -0.321 e. The van der Waals surface area contributed by atoms with Crippen LogP contribution in [0.5, 0.6) is 0 Å². The summed E-state index contributed by atoms with van der Waals surface area (Å²) in [6.45, 7) is 1.87. The van der Waals surface area contributed by atoms with Crippen molar-refractivity contribution in [3.8, 4) is 0 Å². The Morgan fingerprint density at radius 3 is 2.32 bits per heavy atom. The van der Waals surface area contributed by atoms with Gasteiger partial charge in [0.2, 0.25) is 0 Å². The molecule has 0 radical (unpaired) electrons. The first kappa shape index (κ1) is 20.2. The van der Waals surface area contributed by atoms with Gasteiger partial charge in [0.05, 0.1) is 15.6 Å². The Bertz CT molecular complexity index is 1130. The van der Waals surface area contributed by atoms with Crippen LogP contribution in [0.3, 0.4) is 0 Å². The molecule has 0 atom stereocenters. The summed E-state index contributed by atoms with van der Waals surface area (Å²) in [5.74, 6) is -0.430. The van der Waals surface area contributed by atoms with Crippen LogP contribution in [-0.4, -0.2) is 14.3 Å². The van der Waals surface area contributed by atoms with Gasteiger partial charge in [-0.15, -0.1) is 0 Å². The molecule has 8 heteroatoms. The molecule has 0 spiro atoms. The van der Waals surface area contributed by atoms with Gasteiger partial charge >= 0.3 is 0 Å². The number of aryl methyl sites for hydroxylation is 1. The molecule has 0 saturated heterocycles. The van der Waals surface area contributed by atoms with Gasteiger partial charge in [-0.1, -0.05) is 47.0 Å². The number of carbonyl (C=O) groups excluding carboxylic acids is 1. The van der Waals surface area contributed by atoms with Crippen LogP contribution >= 0.6 is 23.2 Å². The minimum absolute atomic E-state index is 0.140. The average Bonchev–Trinajstić information content (AvgIpc) is 2.64. The lowest BCUT2D eigenvalue weighted by molar-refractivity contribution is 0.102. The van der Waals surface area contributed by atoms with Crippen molar-refractivity contribution in [1.82, 2.24) is 0 Å². The fourth-order valence-corrected chi connectivity index (χ4v) is 3.95. The standard InChI is InChI=1S/C20H16Cl2N2O3S/c1-13-5-8-17(9-6-13)28(26,27)24-16-4-2-3-14(11-16)20(25)23-19-10-7-15(21)12-18(19)22/h2-12,24H,1H3,(H,23,25). The maximum absolute atomic E-state index is 12.5.